The molecule has 3 heterocycles. The Morgan fingerprint density at radius 3 is 2.11 bits per heavy atom. The number of aromatic nitrogens is 2. The number of hydrogen-bond donors (Lipinski definition) is 0. The van der Waals surface area contributed by atoms with E-state index in [-0.39, 0.29) is 17.8 Å². The van der Waals surface area contributed by atoms with Crippen LogP contribution in [0, 0.1) is 0 Å². The quantitative estimate of drug-likeness (QED) is 0.322. The molecule has 4 aromatic rings. The summed E-state index contributed by atoms with van der Waals surface area (Å²) >= 11 is 0. The van der Waals surface area contributed by atoms with E-state index >= 15 is 0 Å². The fourth-order valence-corrected chi connectivity index (χ4v) is 4.33. The van der Waals surface area contributed by atoms with Crippen LogP contribution < -0.4 is 0 Å². The molecule has 194 valence electrons. The summed E-state index contributed by atoms with van der Waals surface area (Å²) in [5.41, 5.74) is 5.52. The molecule has 0 amide bonds. The lowest BCUT2D eigenvalue weighted by Crippen LogP contribution is -2.43. The third-order valence-electron chi connectivity index (χ3n) is 6.55. The van der Waals surface area contributed by atoms with Gasteiger partial charge in [-0.05, 0) is 47.9 Å². The predicted octanol–water partition coefficient (Wildman–Crippen LogP) is 4.38. The van der Waals surface area contributed by atoms with Crippen LogP contribution in [0.2, 0.25) is 0 Å². The van der Waals surface area contributed by atoms with Crippen LogP contribution in [0.4, 0.5) is 0 Å². The topological polar surface area (TPSA) is 96.6 Å². The Hall–Kier alpha value is -4.23. The summed E-state index contributed by atoms with van der Waals surface area (Å²) in [6.07, 6.45) is 4.49. The van der Waals surface area contributed by atoms with Crippen LogP contribution in [0.3, 0.4) is 0 Å². The average molecular weight is 511 g/mol. The van der Waals surface area contributed by atoms with Gasteiger partial charge >= 0.3 is 6.15 Å². The first-order chi connectivity index (χ1) is 18.6. The number of benzene rings is 2. The fourth-order valence-electron chi connectivity index (χ4n) is 4.33. The van der Waals surface area contributed by atoms with Gasteiger partial charge in [-0.1, -0.05) is 54.6 Å². The van der Waals surface area contributed by atoms with Crippen molar-refractivity contribution in [2.75, 3.05) is 33.2 Å². The molecule has 0 bridgehead atoms. The van der Waals surface area contributed by atoms with Crippen molar-refractivity contribution in [2.24, 2.45) is 0 Å². The van der Waals surface area contributed by atoms with Crippen LogP contribution in [-0.2, 0) is 22.6 Å². The molecule has 1 aliphatic heterocycles. The van der Waals surface area contributed by atoms with Crippen LogP contribution in [0.5, 0.6) is 0 Å². The molecule has 0 unspecified atom stereocenters. The summed E-state index contributed by atoms with van der Waals surface area (Å²) in [4.78, 5) is 42.1. The summed E-state index contributed by atoms with van der Waals surface area (Å²) in [5, 5.41) is 0. The molecule has 8 heteroatoms. The number of pyridine rings is 1. The molecule has 2 aromatic heterocycles. The number of carbonyl (C=O) groups is 1. The van der Waals surface area contributed by atoms with Crippen LogP contribution in [0.15, 0.2) is 83.5 Å². The van der Waals surface area contributed by atoms with Crippen molar-refractivity contribution in [3.63, 3.8) is 0 Å². The Balaban J connectivity index is 0.00000107. The van der Waals surface area contributed by atoms with Crippen LogP contribution in [0.1, 0.15) is 28.2 Å². The number of hydrogen-bond acceptors (Lipinski definition) is 8. The summed E-state index contributed by atoms with van der Waals surface area (Å²) < 4.78 is 5.63. The molecule has 1 aliphatic rings. The van der Waals surface area contributed by atoms with Gasteiger partial charge in [0.1, 0.15) is 5.69 Å². The molecule has 0 saturated carbocycles. The first-order valence-corrected chi connectivity index (χ1v) is 12.5. The Bertz CT molecular complexity index is 1340. The minimum atomic E-state index is -0.104. The largest absolute Gasteiger partial charge is 0.432 e. The monoisotopic (exact) mass is 510 g/mol. The second-order valence-corrected chi connectivity index (χ2v) is 9.22. The first-order valence-electron chi connectivity index (χ1n) is 12.5. The summed E-state index contributed by atoms with van der Waals surface area (Å²) in [5.74, 6) is 0.541. The van der Waals surface area contributed by atoms with E-state index in [0.29, 0.717) is 24.3 Å². The molecule has 0 N–H and O–H groups in total. The van der Waals surface area contributed by atoms with Crippen LogP contribution in [0.25, 0.3) is 22.6 Å². The van der Waals surface area contributed by atoms with Gasteiger partial charge in [0.15, 0.2) is 5.76 Å². The maximum atomic E-state index is 12.6. The Kier molecular flexibility index (Phi) is 9.43. The third kappa shape index (κ3) is 7.40. The maximum absolute atomic E-state index is 12.6. The number of piperazine rings is 1. The van der Waals surface area contributed by atoms with Crippen molar-refractivity contribution in [1.82, 2.24) is 19.8 Å². The van der Waals surface area contributed by atoms with Crippen LogP contribution in [-0.4, -0.2) is 64.9 Å². The van der Waals surface area contributed by atoms with Crippen molar-refractivity contribution >= 4 is 11.9 Å². The van der Waals surface area contributed by atoms with Gasteiger partial charge in [0.2, 0.25) is 5.78 Å². The fraction of sp³-hybridized carbons (Fsp3) is 0.267. The zero-order chi connectivity index (χ0) is 26.7. The van der Waals surface area contributed by atoms with E-state index in [0.717, 1.165) is 38.3 Å². The van der Waals surface area contributed by atoms with Gasteiger partial charge in [0, 0.05) is 45.3 Å². The van der Waals surface area contributed by atoms with Gasteiger partial charge in [-0.25, -0.2) is 4.98 Å². The average Bonchev–Trinajstić information content (AvgIpc) is 3.45. The van der Waals surface area contributed by atoms with Gasteiger partial charge in [-0.15, -0.1) is 0 Å². The minimum Gasteiger partial charge on any atom is -0.432 e. The second-order valence-electron chi connectivity index (χ2n) is 9.22. The molecule has 0 atom stereocenters. The molecule has 0 spiro atoms. The van der Waals surface area contributed by atoms with Gasteiger partial charge in [-0.2, -0.15) is 9.59 Å². The van der Waals surface area contributed by atoms with E-state index in [1.165, 1.54) is 16.7 Å². The van der Waals surface area contributed by atoms with Gasteiger partial charge in [0.25, 0.3) is 5.89 Å². The number of likely N-dealkylation sites (N-methyl/N-ethyl adjacent to an activating group) is 1. The Morgan fingerprint density at radius 1 is 0.868 bits per heavy atom. The maximum Gasteiger partial charge on any atom is 0.373 e. The molecule has 0 radical (unpaired) electrons. The number of nitrogens with zero attached hydrogens (tertiary/aromatic N) is 4. The Labute approximate surface area is 221 Å². The molecule has 0 aliphatic carbocycles. The molecule has 1 fully saturated rings. The highest BCUT2D eigenvalue weighted by Crippen LogP contribution is 2.22. The van der Waals surface area contributed by atoms with Gasteiger partial charge < -0.3 is 9.32 Å². The van der Waals surface area contributed by atoms with Gasteiger partial charge in [-0.3, -0.25) is 14.7 Å². The highest BCUT2D eigenvalue weighted by atomic mass is 16.4. The van der Waals surface area contributed by atoms with E-state index in [2.05, 4.69) is 75.3 Å². The number of aryl methyl sites for hydroxylation is 1. The van der Waals surface area contributed by atoms with E-state index in [9.17, 15) is 4.79 Å². The molecule has 5 rings (SSSR count). The summed E-state index contributed by atoms with van der Waals surface area (Å²) in [7, 11) is 2.19. The predicted molar refractivity (Wildman–Crippen MR) is 142 cm³/mol. The van der Waals surface area contributed by atoms with Crippen molar-refractivity contribution in [2.45, 2.75) is 19.4 Å². The molecular formula is C30H30N4O4. The van der Waals surface area contributed by atoms with E-state index in [1.807, 2.05) is 18.2 Å². The molecular weight excluding hydrogens is 480 g/mol. The normalized spacial score (nSPS) is 13.8. The van der Waals surface area contributed by atoms with Crippen molar-refractivity contribution in [3.8, 4) is 22.6 Å². The van der Waals surface area contributed by atoms with E-state index < -0.39 is 0 Å². The zero-order valence-corrected chi connectivity index (χ0v) is 21.4. The number of rotatable bonds is 8. The molecule has 1 saturated heterocycles. The third-order valence-corrected chi connectivity index (χ3v) is 6.55. The lowest BCUT2D eigenvalue weighted by Gasteiger charge is -2.32. The van der Waals surface area contributed by atoms with E-state index in [4.69, 9.17) is 14.0 Å². The molecule has 38 heavy (non-hydrogen) atoms. The van der Waals surface area contributed by atoms with Gasteiger partial charge in [0.05, 0.1) is 6.20 Å². The summed E-state index contributed by atoms with van der Waals surface area (Å²) in [6, 6.07) is 22.8. The smallest absolute Gasteiger partial charge is 0.373 e. The minimum absolute atomic E-state index is 0.104. The number of carbonyl (C=O) groups excluding carboxylic acids is 3. The molecule has 8 nitrogen and oxygen atoms in total. The highest BCUT2D eigenvalue weighted by molar-refractivity contribution is 5.92. The second kappa shape index (κ2) is 13.4. The standard InChI is InChI=1S/C29H30N4O2.CO2/c1-32-16-18-33(19-17-32)21-23-7-12-25(13-8-23)24-10-5-22(6-11-24)9-14-27(34)29-31-20-28(35-29)26-4-2-3-15-30-26;2-1-3/h2-8,10-13,15,20H,9,14,16-19,21H2,1H3;. The number of Topliss-reactive ketones (excluding diaryl/α,β-unsaturated/α-hetero) is 1. The zero-order valence-electron chi connectivity index (χ0n) is 21.4. The highest BCUT2D eigenvalue weighted by Gasteiger charge is 2.15. The van der Waals surface area contributed by atoms with Crippen LogP contribution >= 0.6 is 0 Å². The molecule has 2 aromatic carbocycles. The van der Waals surface area contributed by atoms with E-state index in [1.54, 1.807) is 12.4 Å². The van der Waals surface area contributed by atoms with Crippen molar-refractivity contribution in [3.05, 3.63) is 96.1 Å². The lowest BCUT2D eigenvalue weighted by atomic mass is 10.0. The Morgan fingerprint density at radius 2 is 1.50 bits per heavy atom. The number of oxazole rings is 1. The van der Waals surface area contributed by atoms with Crippen molar-refractivity contribution < 1.29 is 18.8 Å². The van der Waals surface area contributed by atoms with Crippen molar-refractivity contribution in [1.29, 1.82) is 0 Å². The summed E-state index contributed by atoms with van der Waals surface area (Å²) in [6.45, 7) is 5.54. The SMILES string of the molecule is CN1CCN(Cc2ccc(-c3ccc(CCC(=O)c4ncc(-c5ccccn5)o4)cc3)cc2)CC1.O=C=O. The first kappa shape index (κ1) is 26.8. The lowest BCUT2D eigenvalue weighted by molar-refractivity contribution is -0.191. The number of ketones is 1.